The number of hydrogen-bond donors (Lipinski definition) is 0. The second-order valence-electron chi connectivity index (χ2n) is 10.6. The van der Waals surface area contributed by atoms with Crippen molar-refractivity contribution in [2.24, 2.45) is 0 Å². The van der Waals surface area contributed by atoms with Gasteiger partial charge in [-0.1, -0.05) is 140 Å². The van der Waals surface area contributed by atoms with Crippen molar-refractivity contribution in [1.29, 1.82) is 0 Å². The molecule has 0 fully saturated rings. The molecule has 0 radical (unpaired) electrons. The van der Waals surface area contributed by atoms with Crippen LogP contribution in [0.5, 0.6) is 0 Å². The Labute approximate surface area is 185 Å². The Morgan fingerprint density at radius 3 is 0.269 bits per heavy atom. The molecule has 0 spiro atoms. The van der Waals surface area contributed by atoms with Crippen LogP contribution in [0.15, 0.2) is 0 Å². The molecule has 5 nitrogen and oxygen atoms in total. The average molecular weight is 627 g/mol. The summed E-state index contributed by atoms with van der Waals surface area (Å²) in [6, 6.07) is 0. The zero-order valence-electron chi connectivity index (χ0n) is 20.0. The van der Waals surface area contributed by atoms with E-state index in [-0.39, 0.29) is 22.4 Å². The molecule has 11 heteroatoms. The third kappa shape index (κ3) is 5890. The van der Waals surface area contributed by atoms with Gasteiger partial charge in [-0.3, -0.25) is 0 Å². The summed E-state index contributed by atoms with van der Waals surface area (Å²) in [5.41, 5.74) is 0. The second kappa shape index (κ2) is 17.5. The summed E-state index contributed by atoms with van der Waals surface area (Å²) >= 11 is 0. The Balaban J connectivity index is -0.0000000476. The van der Waals surface area contributed by atoms with Crippen molar-refractivity contribution in [3.63, 3.8) is 0 Å². The van der Waals surface area contributed by atoms with E-state index in [0.717, 1.165) is 0 Å². The average Bonchev–Trinajstić information content (AvgIpc) is 1.79. The largest absolute Gasteiger partial charge is 5.00 e. The van der Waals surface area contributed by atoms with Gasteiger partial charge in [0.25, 0.3) is 0 Å². The van der Waals surface area contributed by atoms with Gasteiger partial charge in [0.05, 0.1) is 0 Å². The fraction of sp³-hybridized carbons (Fsp3) is 1.00. The van der Waals surface area contributed by atoms with E-state index in [9.17, 15) is 24.0 Å². The molecule has 0 unspecified atom stereocenters. The van der Waals surface area contributed by atoms with Gasteiger partial charge in [-0.15, -0.1) is 0 Å². The van der Waals surface area contributed by atoms with Gasteiger partial charge in [0.1, 0.15) is 0 Å². The molecule has 0 atom stereocenters. The molecule has 0 rings (SSSR count). The molecular weight excluding hydrogens is 582 g/mol. The molecular formula is C15H45O5Si5Ta. The van der Waals surface area contributed by atoms with Crippen molar-refractivity contribution in [1.82, 2.24) is 0 Å². The molecule has 160 valence electrons. The third-order valence-corrected chi connectivity index (χ3v) is 0. The van der Waals surface area contributed by atoms with Gasteiger partial charge >= 0.3 is 22.4 Å². The first kappa shape index (κ1) is 41.9. The molecule has 0 aromatic carbocycles. The van der Waals surface area contributed by atoms with E-state index in [2.05, 4.69) is 0 Å². The Hall–Kier alpha value is 1.62. The van der Waals surface area contributed by atoms with Crippen LogP contribution < -0.4 is 24.0 Å². The van der Waals surface area contributed by atoms with Gasteiger partial charge in [-0.2, -0.15) is 0 Å². The van der Waals surface area contributed by atoms with E-state index in [0.29, 0.717) is 0 Å². The standard InChI is InChI=1S/5C3H9OSi.Ta/c5*1-5(2,3)4;/h5*1-3H3;/q5*-1;+5. The Bertz CT molecular complexity index is 188. The van der Waals surface area contributed by atoms with Crippen LogP contribution in [0.1, 0.15) is 0 Å². The number of hydrogen-bond acceptors (Lipinski definition) is 5. The van der Waals surface area contributed by atoms with Crippen molar-refractivity contribution >= 4 is 41.6 Å². The fourth-order valence-corrected chi connectivity index (χ4v) is 0. The quantitative estimate of drug-likeness (QED) is 0.371. The molecule has 26 heavy (non-hydrogen) atoms. The molecule has 0 aliphatic rings. The third-order valence-electron chi connectivity index (χ3n) is 0. The fourth-order valence-electron chi connectivity index (χ4n) is 0. The summed E-state index contributed by atoms with van der Waals surface area (Å²) in [7, 11) is -9.31. The molecule has 0 aromatic rings. The Morgan fingerprint density at radius 1 is 0.269 bits per heavy atom. The van der Waals surface area contributed by atoms with Crippen LogP contribution in [0.2, 0.25) is 98.2 Å². The van der Waals surface area contributed by atoms with E-state index in [4.69, 9.17) is 0 Å². The van der Waals surface area contributed by atoms with Gasteiger partial charge < -0.3 is 24.0 Å². The van der Waals surface area contributed by atoms with Gasteiger partial charge in [-0.25, -0.2) is 0 Å². The SMILES string of the molecule is C[Si](C)(C)[O-].C[Si](C)(C)[O-].C[Si](C)(C)[O-].C[Si](C)(C)[O-].C[Si](C)(C)[O-].[Ta+5]. The topological polar surface area (TPSA) is 115 Å². The van der Waals surface area contributed by atoms with Crippen LogP contribution >= 0.6 is 0 Å². The maximum absolute atomic E-state index is 10.2. The van der Waals surface area contributed by atoms with E-state index < -0.39 is 41.6 Å². The molecule has 0 saturated carbocycles. The summed E-state index contributed by atoms with van der Waals surface area (Å²) < 4.78 is 0. The van der Waals surface area contributed by atoms with Crippen molar-refractivity contribution in [3.8, 4) is 0 Å². The van der Waals surface area contributed by atoms with Gasteiger partial charge in [0.2, 0.25) is 0 Å². The molecule has 0 aliphatic heterocycles. The van der Waals surface area contributed by atoms with E-state index in [1.807, 2.05) is 0 Å². The first-order chi connectivity index (χ1) is 10.0. The number of rotatable bonds is 0. The molecule has 0 aliphatic carbocycles. The van der Waals surface area contributed by atoms with Gasteiger partial charge in [0, 0.05) is 0 Å². The minimum absolute atomic E-state index is 0. The van der Waals surface area contributed by atoms with E-state index in [1.165, 1.54) is 0 Å². The van der Waals surface area contributed by atoms with Crippen LogP contribution in [0.25, 0.3) is 0 Å². The first-order valence-corrected chi connectivity index (χ1v) is 25.6. The molecule has 0 amide bonds. The van der Waals surface area contributed by atoms with Crippen molar-refractivity contribution in [3.05, 3.63) is 0 Å². The summed E-state index contributed by atoms with van der Waals surface area (Å²) in [5, 5.41) is 0. The molecule has 0 N–H and O–H groups in total. The Morgan fingerprint density at radius 2 is 0.269 bits per heavy atom. The van der Waals surface area contributed by atoms with Crippen LogP contribution in [-0.4, -0.2) is 41.6 Å². The minimum Gasteiger partial charge on any atom is -0.859 e. The van der Waals surface area contributed by atoms with E-state index >= 15 is 0 Å². The molecule has 0 heterocycles. The Kier molecular flexibility index (Phi) is 28.2. The first-order valence-electron chi connectivity index (χ1n) is 8.52. The summed E-state index contributed by atoms with van der Waals surface area (Å²) in [4.78, 5) is 51.2. The second-order valence-corrected chi connectivity index (χ2v) is 31.7. The van der Waals surface area contributed by atoms with Crippen molar-refractivity contribution in [2.75, 3.05) is 0 Å². The van der Waals surface area contributed by atoms with Gasteiger partial charge in [0.15, 0.2) is 0 Å². The van der Waals surface area contributed by atoms with Crippen LogP contribution in [0.4, 0.5) is 0 Å². The van der Waals surface area contributed by atoms with Crippen molar-refractivity contribution in [2.45, 2.75) is 98.2 Å². The molecule has 0 aromatic heterocycles. The zero-order chi connectivity index (χ0) is 22.5. The summed E-state index contributed by atoms with van der Waals surface area (Å²) in [6.07, 6.45) is 0. The predicted octanol–water partition coefficient (Wildman–Crippen LogP) is 0.906. The normalized spacial score (nSPS) is 11.5. The van der Waals surface area contributed by atoms with Crippen LogP contribution in [-0.2, 0) is 22.4 Å². The molecule has 0 bridgehead atoms. The van der Waals surface area contributed by atoms with Gasteiger partial charge in [-0.05, 0) is 0 Å². The monoisotopic (exact) mass is 626 g/mol. The smallest absolute Gasteiger partial charge is 0.859 e. The maximum atomic E-state index is 10.2. The predicted molar refractivity (Wildman–Crippen MR) is 117 cm³/mol. The van der Waals surface area contributed by atoms with Crippen molar-refractivity contribution < 1.29 is 46.4 Å². The van der Waals surface area contributed by atoms with Crippen LogP contribution in [0, 0.1) is 0 Å². The zero-order valence-corrected chi connectivity index (χ0v) is 28.2. The summed E-state index contributed by atoms with van der Waals surface area (Å²) in [6.45, 7) is 26.6. The molecule has 0 saturated heterocycles. The van der Waals surface area contributed by atoms with Crippen LogP contribution in [0.3, 0.4) is 0 Å². The van der Waals surface area contributed by atoms with E-state index in [1.54, 1.807) is 98.2 Å². The maximum Gasteiger partial charge on any atom is 5.00 e. The summed E-state index contributed by atoms with van der Waals surface area (Å²) in [5.74, 6) is 0. The minimum atomic E-state index is -1.86.